The highest BCUT2D eigenvalue weighted by Gasteiger charge is 2.11. The van der Waals surface area contributed by atoms with Crippen LogP contribution < -0.4 is 23.3 Å². The fraction of sp³-hybridized carbons (Fsp3) is 0. The van der Waals surface area contributed by atoms with Gasteiger partial charge in [-0.05, 0) is 12.1 Å². The van der Waals surface area contributed by atoms with Crippen molar-refractivity contribution < 1.29 is 26.5 Å². The molecule has 20 heavy (non-hydrogen) atoms. The largest absolute Gasteiger partial charge is 0.524 e. The van der Waals surface area contributed by atoms with Gasteiger partial charge in [-0.3, -0.25) is 0 Å². The van der Waals surface area contributed by atoms with E-state index in [2.05, 4.69) is 26.5 Å². The summed E-state index contributed by atoms with van der Waals surface area (Å²) in [7, 11) is 0. The zero-order valence-corrected chi connectivity index (χ0v) is 9.24. The molecular weight excluding hydrogens is 280 g/mol. The van der Waals surface area contributed by atoms with Gasteiger partial charge >= 0.3 is 23.3 Å². The Morgan fingerprint density at radius 3 is 1.25 bits per heavy atom. The molecule has 102 valence electrons. The van der Waals surface area contributed by atoms with E-state index >= 15 is 0 Å². The van der Waals surface area contributed by atoms with E-state index in [1.807, 2.05) is 0 Å². The van der Waals surface area contributed by atoms with E-state index in [4.69, 9.17) is 0 Å². The van der Waals surface area contributed by atoms with Gasteiger partial charge in [-0.15, -0.1) is 0 Å². The van der Waals surface area contributed by atoms with Gasteiger partial charge in [0.15, 0.2) is 11.2 Å². The fourth-order valence-electron chi connectivity index (χ4n) is 1.45. The molecule has 0 aliphatic rings. The molecule has 0 aliphatic heterocycles. The Morgan fingerprint density at radius 2 is 0.850 bits per heavy atom. The van der Waals surface area contributed by atoms with Crippen molar-refractivity contribution in [1.82, 2.24) is 0 Å². The predicted octanol–water partition coefficient (Wildman–Crippen LogP) is 0.116. The van der Waals surface area contributed by atoms with Crippen LogP contribution in [0.3, 0.4) is 0 Å². The summed E-state index contributed by atoms with van der Waals surface area (Å²) in [6, 6.07) is 2.28. The van der Waals surface area contributed by atoms with Crippen molar-refractivity contribution in [3.63, 3.8) is 0 Å². The van der Waals surface area contributed by atoms with Crippen molar-refractivity contribution in [2.75, 3.05) is 0 Å². The lowest BCUT2D eigenvalue weighted by Gasteiger charge is -1.89. The molecule has 0 aliphatic carbocycles. The van der Waals surface area contributed by atoms with Gasteiger partial charge in [-0.2, -0.15) is 0 Å². The van der Waals surface area contributed by atoms with E-state index in [-0.39, 0.29) is 11.2 Å². The quantitative estimate of drug-likeness (QED) is 0.556. The maximum absolute atomic E-state index is 11.1. The van der Waals surface area contributed by atoms with E-state index in [0.717, 1.165) is 12.1 Å². The van der Waals surface area contributed by atoms with E-state index in [9.17, 15) is 19.2 Å². The summed E-state index contributed by atoms with van der Waals surface area (Å²) in [6.07, 6.45) is 0. The van der Waals surface area contributed by atoms with E-state index < -0.39 is 34.5 Å². The first-order chi connectivity index (χ1) is 9.52. The van der Waals surface area contributed by atoms with Gasteiger partial charge in [0, 0.05) is 0 Å². The van der Waals surface area contributed by atoms with E-state index in [1.165, 1.54) is 0 Å². The lowest BCUT2D eigenvalue weighted by molar-refractivity contribution is 0.276. The van der Waals surface area contributed by atoms with Crippen LogP contribution in [0.15, 0.2) is 57.8 Å². The fourth-order valence-corrected chi connectivity index (χ4v) is 1.45. The first kappa shape index (κ1) is 11.8. The van der Waals surface area contributed by atoms with Crippen molar-refractivity contribution in [3.8, 4) is 0 Å². The second-order valence-electron chi connectivity index (χ2n) is 3.33. The molecule has 10 nitrogen and oxygen atoms in total. The van der Waals surface area contributed by atoms with E-state index in [0.29, 0.717) is 0 Å². The Morgan fingerprint density at radius 1 is 0.500 bits per heavy atom. The van der Waals surface area contributed by atoms with Gasteiger partial charge in [-0.25, -0.2) is 19.2 Å². The molecule has 0 radical (unpaired) electrons. The second kappa shape index (κ2) is 4.12. The third-order valence-electron chi connectivity index (χ3n) is 2.13. The zero-order chi connectivity index (χ0) is 14.3. The van der Waals surface area contributed by atoms with Crippen LogP contribution in [0.2, 0.25) is 0 Å². The normalized spacial score (nSPS) is 10.8. The van der Waals surface area contributed by atoms with Crippen molar-refractivity contribution in [2.24, 2.45) is 0 Å². The minimum Gasteiger partial charge on any atom is -0.390 e. The molecule has 2 aromatic heterocycles. The molecule has 1 aromatic carbocycles. The Labute approximate surface area is 104 Å². The molecule has 3 rings (SSSR count). The van der Waals surface area contributed by atoms with Crippen LogP contribution in [0.1, 0.15) is 0 Å². The first-order valence-electron chi connectivity index (χ1n) is 4.93. The van der Waals surface area contributed by atoms with Gasteiger partial charge < -0.3 is 26.5 Å². The zero-order valence-electron chi connectivity index (χ0n) is 9.24. The molecule has 0 spiro atoms. The van der Waals surface area contributed by atoms with Crippen LogP contribution in [-0.4, -0.2) is 0 Å². The average molecular weight is 282 g/mol. The maximum Gasteiger partial charge on any atom is 0.524 e. The Bertz CT molecular complexity index is 989. The molecule has 0 atom stereocenters. The molecule has 0 N–H and O–H groups in total. The maximum atomic E-state index is 11.1. The lowest BCUT2D eigenvalue weighted by Crippen LogP contribution is -2.01. The summed E-state index contributed by atoms with van der Waals surface area (Å²) in [5.41, 5.74) is -1.48. The molecule has 2 heterocycles. The van der Waals surface area contributed by atoms with Crippen LogP contribution in [0.25, 0.3) is 22.3 Å². The van der Waals surface area contributed by atoms with Crippen molar-refractivity contribution in [3.05, 3.63) is 54.6 Å². The summed E-state index contributed by atoms with van der Waals surface area (Å²) in [4.78, 5) is 44.4. The molecule has 0 saturated heterocycles. The van der Waals surface area contributed by atoms with Gasteiger partial charge in [-0.1, -0.05) is 0 Å². The third-order valence-corrected chi connectivity index (χ3v) is 2.13. The van der Waals surface area contributed by atoms with Crippen LogP contribution in [0.4, 0.5) is 0 Å². The van der Waals surface area contributed by atoms with Crippen molar-refractivity contribution >= 4 is 22.3 Å². The molecule has 3 aromatic rings. The highest BCUT2D eigenvalue weighted by atomic mass is 16.6. The van der Waals surface area contributed by atoms with E-state index in [1.54, 1.807) is 0 Å². The topological polar surface area (TPSA) is 147 Å². The van der Waals surface area contributed by atoms with Crippen LogP contribution in [-0.2, 0) is 0 Å². The van der Waals surface area contributed by atoms with Gasteiger partial charge in [0.25, 0.3) is 0 Å². The summed E-state index contributed by atoms with van der Waals surface area (Å²) < 4.78 is 26.6. The molecule has 0 fully saturated rings. The Hall–Kier alpha value is -3.30. The SMILES string of the molecule is O=c1oc(=O)oc2c(ccc3oc(=O)oc(=O)oc32)o1. The van der Waals surface area contributed by atoms with Crippen LogP contribution in [0.5, 0.6) is 0 Å². The second-order valence-corrected chi connectivity index (χ2v) is 3.33. The summed E-state index contributed by atoms with van der Waals surface area (Å²) in [6.45, 7) is 0. The van der Waals surface area contributed by atoms with Crippen molar-refractivity contribution in [2.45, 2.75) is 0 Å². The standard InChI is InChI=1S/C10H2O10/c11-7-15-3-1-2-4-6(5(3)17-9(13)19-7)18-10(14)20-8(12)16-4/h1-2H. The van der Waals surface area contributed by atoms with Crippen LogP contribution in [0, 0.1) is 0 Å². The number of hydrogen-bond donors (Lipinski definition) is 0. The highest BCUT2D eigenvalue weighted by molar-refractivity contribution is 5.94. The summed E-state index contributed by atoms with van der Waals surface area (Å²) in [5, 5.41) is 0. The Balaban J connectivity index is 2.75. The number of benzene rings is 1. The lowest BCUT2D eigenvalue weighted by atomic mass is 10.3. The molecule has 0 bridgehead atoms. The predicted molar refractivity (Wildman–Crippen MR) is 57.8 cm³/mol. The first-order valence-corrected chi connectivity index (χ1v) is 4.93. The summed E-state index contributed by atoms with van der Waals surface area (Å²) in [5.74, 6) is -5.48. The van der Waals surface area contributed by atoms with Crippen LogP contribution >= 0.6 is 0 Å². The molecule has 0 amide bonds. The number of rotatable bonds is 0. The molecule has 0 saturated carbocycles. The monoisotopic (exact) mass is 282 g/mol. The third kappa shape index (κ3) is 1.94. The molecule has 0 unspecified atom stereocenters. The Kier molecular flexibility index (Phi) is 2.42. The number of fused-ring (bicyclic) bond motifs is 3. The molecule has 10 heteroatoms. The smallest absolute Gasteiger partial charge is 0.390 e. The van der Waals surface area contributed by atoms with Crippen molar-refractivity contribution in [1.29, 1.82) is 0 Å². The summed E-state index contributed by atoms with van der Waals surface area (Å²) >= 11 is 0. The minimum absolute atomic E-state index is 0.273. The minimum atomic E-state index is -1.41. The molecular formula is C10H2O10. The van der Waals surface area contributed by atoms with Gasteiger partial charge in [0.1, 0.15) is 0 Å². The average Bonchev–Trinajstić information content (AvgIpc) is 2.58. The van der Waals surface area contributed by atoms with Gasteiger partial charge in [0.05, 0.1) is 0 Å². The highest BCUT2D eigenvalue weighted by Crippen LogP contribution is 2.20. The number of hydrogen-bond acceptors (Lipinski definition) is 10. The van der Waals surface area contributed by atoms with Gasteiger partial charge in [0.2, 0.25) is 11.2 Å².